The predicted molar refractivity (Wildman–Crippen MR) is 155 cm³/mol. The van der Waals surface area contributed by atoms with Crippen molar-refractivity contribution in [2.45, 2.75) is 26.2 Å². The summed E-state index contributed by atoms with van der Waals surface area (Å²) >= 11 is 0. The highest BCUT2D eigenvalue weighted by Crippen LogP contribution is 2.47. The zero-order valence-electron chi connectivity index (χ0n) is 23.9. The van der Waals surface area contributed by atoms with E-state index >= 15 is 4.39 Å². The molecule has 2 aromatic heterocycles. The molecule has 224 valence electrons. The Morgan fingerprint density at radius 3 is 2.35 bits per heavy atom. The largest absolute Gasteiger partial charge is 0.434 e. The van der Waals surface area contributed by atoms with Crippen molar-refractivity contribution in [3.05, 3.63) is 77.8 Å². The number of benzene rings is 2. The number of hydrogen-bond donors (Lipinski definition) is 3. The number of anilines is 2. The number of carbonyl (C=O) groups is 3. The molecule has 13 heteroatoms. The fourth-order valence-electron chi connectivity index (χ4n) is 4.61. The van der Waals surface area contributed by atoms with Crippen molar-refractivity contribution < 1.29 is 27.9 Å². The van der Waals surface area contributed by atoms with Crippen LogP contribution in [0.2, 0.25) is 0 Å². The molecule has 0 radical (unpaired) electrons. The van der Waals surface area contributed by atoms with E-state index in [9.17, 15) is 18.8 Å². The minimum absolute atomic E-state index is 0.0456. The van der Waals surface area contributed by atoms with Crippen LogP contribution in [0.3, 0.4) is 0 Å². The summed E-state index contributed by atoms with van der Waals surface area (Å²) in [6.45, 7) is 3.07. The average Bonchev–Trinajstić information content (AvgIpc) is 3.72. The van der Waals surface area contributed by atoms with Crippen molar-refractivity contribution in [3.8, 4) is 11.6 Å². The van der Waals surface area contributed by atoms with Crippen LogP contribution in [0.15, 0.2) is 55.0 Å². The van der Waals surface area contributed by atoms with E-state index in [1.807, 2.05) is 19.0 Å². The monoisotopic (exact) mass is 591 g/mol. The van der Waals surface area contributed by atoms with Crippen molar-refractivity contribution in [1.82, 2.24) is 24.8 Å². The highest BCUT2D eigenvalue weighted by atomic mass is 19.1. The number of halogens is 2. The number of aryl methyl sites for hydroxylation is 1. The molecule has 11 nitrogen and oxygen atoms in total. The molecule has 1 aliphatic rings. The smallest absolute Gasteiger partial charge is 0.253 e. The number of rotatable bonds is 11. The fourth-order valence-corrected chi connectivity index (χ4v) is 4.61. The molecule has 0 bridgehead atoms. The van der Waals surface area contributed by atoms with Crippen LogP contribution in [0.1, 0.15) is 35.2 Å². The molecule has 4 aromatic rings. The van der Waals surface area contributed by atoms with Crippen molar-refractivity contribution in [2.75, 3.05) is 37.8 Å². The lowest BCUT2D eigenvalue weighted by atomic mass is 10.0. The van der Waals surface area contributed by atoms with Gasteiger partial charge < -0.3 is 25.6 Å². The second kappa shape index (κ2) is 12.1. The Hall–Kier alpha value is -4.91. The standard InChI is InChI=1S/C30H31F2N7O4/c1-18-22(26(40)33-13-4-14-38(2)3)16-39-25(18)27(34-17-35-39)43-24-10-9-21(15-23(24)32)37-29(42)30(11-12-30)28(41)36-20-7-5-19(31)6-8-20/h5-10,15-17H,4,11-14H2,1-3H3,(H,33,40)(H,36,41)(H,37,42). The Morgan fingerprint density at radius 2 is 1.70 bits per heavy atom. The summed E-state index contributed by atoms with van der Waals surface area (Å²) in [6.07, 6.45) is 4.24. The summed E-state index contributed by atoms with van der Waals surface area (Å²) in [5, 5.41) is 12.3. The quantitative estimate of drug-likeness (QED) is 0.177. The highest BCUT2D eigenvalue weighted by molar-refractivity contribution is 6.16. The van der Waals surface area contributed by atoms with Gasteiger partial charge in [-0.2, -0.15) is 10.1 Å². The third-order valence-corrected chi connectivity index (χ3v) is 7.22. The third kappa shape index (κ3) is 6.46. The van der Waals surface area contributed by atoms with Gasteiger partial charge in [0.05, 0.1) is 5.56 Å². The molecule has 1 fully saturated rings. The SMILES string of the molecule is Cc1c(C(=O)NCCCN(C)C)cn2ncnc(Oc3ccc(NC(=O)C4(C(=O)Nc5ccc(F)cc5)CC4)cc3F)c12. The van der Waals surface area contributed by atoms with Crippen LogP contribution in [0.25, 0.3) is 5.52 Å². The average molecular weight is 592 g/mol. The number of fused-ring (bicyclic) bond motifs is 1. The van der Waals surface area contributed by atoms with Gasteiger partial charge in [0.2, 0.25) is 17.7 Å². The normalized spacial score (nSPS) is 13.5. The first kappa shape index (κ1) is 29.6. The topological polar surface area (TPSA) is 130 Å². The molecule has 1 aliphatic carbocycles. The number of nitrogens with zero attached hydrogens (tertiary/aromatic N) is 4. The van der Waals surface area contributed by atoms with Crippen LogP contribution in [0, 0.1) is 24.0 Å². The first-order valence-corrected chi connectivity index (χ1v) is 13.7. The van der Waals surface area contributed by atoms with E-state index in [2.05, 4.69) is 26.0 Å². The minimum atomic E-state index is -1.30. The van der Waals surface area contributed by atoms with Gasteiger partial charge in [0.1, 0.15) is 23.1 Å². The number of nitrogens with one attached hydrogen (secondary N) is 3. The molecule has 1 saturated carbocycles. The second-order valence-electron chi connectivity index (χ2n) is 10.7. The maximum absolute atomic E-state index is 15.1. The fraction of sp³-hybridized carbons (Fsp3) is 0.300. The predicted octanol–water partition coefficient (Wildman–Crippen LogP) is 4.15. The van der Waals surface area contributed by atoms with Gasteiger partial charge in [-0.1, -0.05) is 0 Å². The lowest BCUT2D eigenvalue weighted by molar-refractivity contribution is -0.131. The van der Waals surface area contributed by atoms with Gasteiger partial charge in [0.25, 0.3) is 5.91 Å². The first-order valence-electron chi connectivity index (χ1n) is 13.7. The Balaban J connectivity index is 1.26. The molecule has 2 aromatic carbocycles. The molecule has 3 N–H and O–H groups in total. The van der Waals surface area contributed by atoms with Gasteiger partial charge in [-0.05, 0) is 88.8 Å². The first-order chi connectivity index (χ1) is 20.6. The Morgan fingerprint density at radius 1 is 1.02 bits per heavy atom. The molecule has 5 rings (SSSR count). The van der Waals surface area contributed by atoms with E-state index in [4.69, 9.17) is 4.74 Å². The maximum Gasteiger partial charge on any atom is 0.253 e. The number of carbonyl (C=O) groups excluding carboxylic acids is 3. The minimum Gasteiger partial charge on any atom is -0.434 e. The zero-order valence-corrected chi connectivity index (χ0v) is 23.9. The summed E-state index contributed by atoms with van der Waals surface area (Å²) < 4.78 is 35.5. The van der Waals surface area contributed by atoms with Gasteiger partial charge in [-0.25, -0.2) is 13.3 Å². The van der Waals surface area contributed by atoms with Crippen LogP contribution in [-0.2, 0) is 9.59 Å². The Kier molecular flexibility index (Phi) is 8.35. The molecule has 0 atom stereocenters. The van der Waals surface area contributed by atoms with Crippen molar-refractivity contribution >= 4 is 34.6 Å². The van der Waals surface area contributed by atoms with Gasteiger partial charge in [-0.3, -0.25) is 14.4 Å². The van der Waals surface area contributed by atoms with Crippen LogP contribution < -0.4 is 20.7 Å². The molecule has 0 spiro atoms. The van der Waals surface area contributed by atoms with Crippen LogP contribution in [0.4, 0.5) is 20.2 Å². The summed E-state index contributed by atoms with van der Waals surface area (Å²) in [4.78, 5) is 44.8. The summed E-state index contributed by atoms with van der Waals surface area (Å²) in [5.41, 5.74) is 0.569. The van der Waals surface area contributed by atoms with Crippen LogP contribution in [-0.4, -0.2) is 64.4 Å². The van der Waals surface area contributed by atoms with Gasteiger partial charge in [0.15, 0.2) is 11.6 Å². The zero-order chi connectivity index (χ0) is 30.7. The van der Waals surface area contributed by atoms with Crippen LogP contribution in [0.5, 0.6) is 11.6 Å². The Labute approximate surface area is 246 Å². The summed E-state index contributed by atoms with van der Waals surface area (Å²) in [5.74, 6) is -2.70. The number of amides is 3. The molecule has 0 unspecified atom stereocenters. The number of hydrogen-bond acceptors (Lipinski definition) is 7. The van der Waals surface area contributed by atoms with Crippen molar-refractivity contribution in [1.29, 1.82) is 0 Å². The molecular formula is C30H31F2N7O4. The molecule has 43 heavy (non-hydrogen) atoms. The van der Waals surface area contributed by atoms with E-state index in [0.29, 0.717) is 41.7 Å². The van der Waals surface area contributed by atoms with Gasteiger partial charge in [-0.15, -0.1) is 0 Å². The van der Waals surface area contributed by atoms with Crippen LogP contribution >= 0.6 is 0 Å². The maximum atomic E-state index is 15.1. The van der Waals surface area contributed by atoms with Gasteiger partial charge >= 0.3 is 0 Å². The molecule has 0 saturated heterocycles. The molecular weight excluding hydrogens is 560 g/mol. The Bertz CT molecular complexity index is 1680. The molecule has 0 aliphatic heterocycles. The number of ether oxygens (including phenoxy) is 1. The van der Waals surface area contributed by atoms with Gasteiger partial charge in [0, 0.05) is 30.2 Å². The van der Waals surface area contributed by atoms with Crippen molar-refractivity contribution in [2.24, 2.45) is 5.41 Å². The van der Waals surface area contributed by atoms with E-state index in [1.54, 1.807) is 13.1 Å². The summed E-state index contributed by atoms with van der Waals surface area (Å²) in [7, 11) is 3.92. The van der Waals surface area contributed by atoms with E-state index < -0.39 is 28.9 Å². The highest BCUT2D eigenvalue weighted by Gasteiger charge is 2.56. The van der Waals surface area contributed by atoms with Crippen molar-refractivity contribution in [3.63, 3.8) is 0 Å². The second-order valence-corrected chi connectivity index (χ2v) is 10.7. The lowest BCUT2D eigenvalue weighted by Crippen LogP contribution is -2.35. The lowest BCUT2D eigenvalue weighted by Gasteiger charge is -2.16. The van der Waals surface area contributed by atoms with E-state index in [-0.39, 0.29) is 23.2 Å². The third-order valence-electron chi connectivity index (χ3n) is 7.22. The van der Waals surface area contributed by atoms with E-state index in [1.165, 1.54) is 47.2 Å². The molecule has 2 heterocycles. The number of aromatic nitrogens is 3. The van der Waals surface area contributed by atoms with E-state index in [0.717, 1.165) is 19.0 Å². The summed E-state index contributed by atoms with van der Waals surface area (Å²) in [6, 6.07) is 9.07. The molecule has 3 amide bonds.